The minimum absolute atomic E-state index is 0.143. The number of imidazole rings is 1. The molecule has 1 saturated heterocycles. The lowest BCUT2D eigenvalue weighted by Crippen LogP contribution is -2.39. The first-order chi connectivity index (χ1) is 12.3. The monoisotopic (exact) mass is 341 g/mol. The zero-order valence-electron chi connectivity index (χ0n) is 14.9. The summed E-state index contributed by atoms with van der Waals surface area (Å²) in [5.74, 6) is 0.507. The van der Waals surface area contributed by atoms with Gasteiger partial charge in [-0.15, -0.1) is 0 Å². The SMILES string of the molecule is COCCn1cncc1CN1CCCC(C(=O)Cc2ccccc2)C1. The molecule has 0 radical (unpaired) electrons. The van der Waals surface area contributed by atoms with Crippen LogP contribution in [0.15, 0.2) is 42.9 Å². The quantitative estimate of drug-likeness (QED) is 0.740. The lowest BCUT2D eigenvalue weighted by atomic mass is 9.90. The Labute approximate surface area is 149 Å². The Balaban J connectivity index is 1.56. The molecule has 0 saturated carbocycles. The lowest BCUT2D eigenvalue weighted by Gasteiger charge is -2.32. The summed E-state index contributed by atoms with van der Waals surface area (Å²) in [6.07, 6.45) is 6.41. The molecule has 1 aromatic carbocycles. The molecule has 1 aliphatic rings. The van der Waals surface area contributed by atoms with E-state index < -0.39 is 0 Å². The van der Waals surface area contributed by atoms with Gasteiger partial charge < -0.3 is 9.30 Å². The summed E-state index contributed by atoms with van der Waals surface area (Å²) in [6, 6.07) is 10.1. The number of methoxy groups -OCH3 is 1. The fraction of sp³-hybridized carbons (Fsp3) is 0.500. The fourth-order valence-electron chi connectivity index (χ4n) is 3.50. The zero-order valence-corrected chi connectivity index (χ0v) is 14.9. The number of benzene rings is 1. The fourth-order valence-corrected chi connectivity index (χ4v) is 3.50. The van der Waals surface area contributed by atoms with Crippen LogP contribution in [-0.2, 0) is 29.0 Å². The Morgan fingerprint density at radius 3 is 2.96 bits per heavy atom. The molecule has 1 fully saturated rings. The number of Topliss-reactive ketones (excluding diaryl/α,β-unsaturated/α-hetero) is 1. The maximum Gasteiger partial charge on any atom is 0.141 e. The van der Waals surface area contributed by atoms with Gasteiger partial charge in [-0.25, -0.2) is 4.98 Å². The van der Waals surface area contributed by atoms with Crippen LogP contribution in [-0.4, -0.2) is 47.0 Å². The van der Waals surface area contributed by atoms with Crippen molar-refractivity contribution in [1.29, 1.82) is 0 Å². The molecule has 0 amide bonds. The summed E-state index contributed by atoms with van der Waals surface area (Å²) in [6.45, 7) is 4.24. The van der Waals surface area contributed by atoms with Gasteiger partial charge in [-0.1, -0.05) is 30.3 Å². The van der Waals surface area contributed by atoms with Crippen molar-refractivity contribution in [3.05, 3.63) is 54.1 Å². The highest BCUT2D eigenvalue weighted by Gasteiger charge is 2.26. The van der Waals surface area contributed by atoms with Crippen LogP contribution in [0.2, 0.25) is 0 Å². The number of likely N-dealkylation sites (tertiary alicyclic amines) is 1. The minimum Gasteiger partial charge on any atom is -0.383 e. The van der Waals surface area contributed by atoms with E-state index in [4.69, 9.17) is 4.74 Å². The third-order valence-electron chi connectivity index (χ3n) is 4.90. The number of rotatable bonds is 8. The lowest BCUT2D eigenvalue weighted by molar-refractivity contribution is -0.124. The molecule has 0 N–H and O–H groups in total. The van der Waals surface area contributed by atoms with E-state index in [9.17, 15) is 4.79 Å². The molecule has 2 heterocycles. The smallest absolute Gasteiger partial charge is 0.141 e. The molecule has 134 valence electrons. The number of ether oxygens (including phenoxy) is 1. The largest absolute Gasteiger partial charge is 0.383 e. The maximum atomic E-state index is 12.7. The molecule has 0 bridgehead atoms. The molecule has 5 heteroatoms. The normalized spacial score (nSPS) is 18.4. The average molecular weight is 341 g/mol. The Kier molecular flexibility index (Phi) is 6.36. The first-order valence-electron chi connectivity index (χ1n) is 9.03. The number of hydrogen-bond acceptors (Lipinski definition) is 4. The van der Waals surface area contributed by atoms with Gasteiger partial charge in [0.05, 0.1) is 18.6 Å². The molecule has 5 nitrogen and oxygen atoms in total. The van der Waals surface area contributed by atoms with Crippen molar-refractivity contribution in [2.75, 3.05) is 26.8 Å². The van der Waals surface area contributed by atoms with Crippen LogP contribution in [0.5, 0.6) is 0 Å². The molecule has 3 rings (SSSR count). The predicted octanol–water partition coefficient (Wildman–Crippen LogP) is 2.55. The third-order valence-corrected chi connectivity index (χ3v) is 4.90. The van der Waals surface area contributed by atoms with E-state index in [1.165, 1.54) is 5.69 Å². The van der Waals surface area contributed by atoms with E-state index in [0.717, 1.165) is 44.6 Å². The molecular formula is C20H27N3O2. The van der Waals surface area contributed by atoms with Gasteiger partial charge >= 0.3 is 0 Å². The Morgan fingerprint density at radius 1 is 1.32 bits per heavy atom. The van der Waals surface area contributed by atoms with Gasteiger partial charge in [0.25, 0.3) is 0 Å². The van der Waals surface area contributed by atoms with Crippen LogP contribution in [0.25, 0.3) is 0 Å². The number of aromatic nitrogens is 2. The van der Waals surface area contributed by atoms with Crippen molar-refractivity contribution >= 4 is 5.78 Å². The van der Waals surface area contributed by atoms with E-state index in [0.29, 0.717) is 18.8 Å². The summed E-state index contributed by atoms with van der Waals surface area (Å²) in [5, 5.41) is 0. The highest BCUT2D eigenvalue weighted by molar-refractivity contribution is 5.83. The zero-order chi connectivity index (χ0) is 17.5. The van der Waals surface area contributed by atoms with E-state index >= 15 is 0 Å². The molecule has 2 aromatic rings. The summed E-state index contributed by atoms with van der Waals surface area (Å²) in [5.41, 5.74) is 2.30. The molecule has 0 spiro atoms. The van der Waals surface area contributed by atoms with E-state index in [1.807, 2.05) is 42.9 Å². The van der Waals surface area contributed by atoms with Crippen LogP contribution in [0.3, 0.4) is 0 Å². The van der Waals surface area contributed by atoms with Crippen molar-refractivity contribution < 1.29 is 9.53 Å². The summed E-state index contributed by atoms with van der Waals surface area (Å²) in [7, 11) is 1.71. The second-order valence-corrected chi connectivity index (χ2v) is 6.77. The standard InChI is InChI=1S/C20H27N3O2/c1-25-11-10-23-16-21-13-19(23)15-22-9-5-8-18(14-22)20(24)12-17-6-3-2-4-7-17/h2-4,6-7,13,16,18H,5,8-12,14-15H2,1H3. The highest BCUT2D eigenvalue weighted by Crippen LogP contribution is 2.21. The second-order valence-electron chi connectivity index (χ2n) is 6.77. The summed E-state index contributed by atoms with van der Waals surface area (Å²) < 4.78 is 7.30. The first kappa shape index (κ1) is 17.8. The number of hydrogen-bond donors (Lipinski definition) is 0. The molecule has 1 aromatic heterocycles. The van der Waals surface area contributed by atoms with Gasteiger partial charge in [0.15, 0.2) is 0 Å². The third kappa shape index (κ3) is 5.00. The number of ketones is 1. The molecule has 1 atom stereocenters. The van der Waals surface area contributed by atoms with Gasteiger partial charge in [-0.05, 0) is 24.9 Å². The van der Waals surface area contributed by atoms with Crippen molar-refractivity contribution in [1.82, 2.24) is 14.5 Å². The second kappa shape index (κ2) is 8.92. The topological polar surface area (TPSA) is 47.4 Å². The van der Waals surface area contributed by atoms with Gasteiger partial charge in [0.2, 0.25) is 0 Å². The molecular weight excluding hydrogens is 314 g/mol. The van der Waals surface area contributed by atoms with Crippen LogP contribution in [0.4, 0.5) is 0 Å². The molecule has 25 heavy (non-hydrogen) atoms. The highest BCUT2D eigenvalue weighted by atomic mass is 16.5. The molecule has 1 aliphatic heterocycles. The number of nitrogens with zero attached hydrogens (tertiary/aromatic N) is 3. The first-order valence-corrected chi connectivity index (χ1v) is 9.03. The molecule has 0 aliphatic carbocycles. The minimum atomic E-state index is 0.143. The average Bonchev–Trinajstić information content (AvgIpc) is 3.08. The van der Waals surface area contributed by atoms with Crippen LogP contribution >= 0.6 is 0 Å². The number of carbonyl (C=O) groups excluding carboxylic acids is 1. The van der Waals surface area contributed by atoms with Gasteiger partial charge in [0.1, 0.15) is 5.78 Å². The molecule has 1 unspecified atom stereocenters. The van der Waals surface area contributed by atoms with E-state index in [-0.39, 0.29) is 5.92 Å². The number of piperidine rings is 1. The van der Waals surface area contributed by atoms with Crippen molar-refractivity contribution in [3.63, 3.8) is 0 Å². The van der Waals surface area contributed by atoms with Crippen molar-refractivity contribution in [3.8, 4) is 0 Å². The number of carbonyl (C=O) groups is 1. The van der Waals surface area contributed by atoms with Gasteiger partial charge in [0, 0.05) is 45.3 Å². The van der Waals surface area contributed by atoms with Gasteiger partial charge in [-0.3, -0.25) is 9.69 Å². The Bertz CT molecular complexity index is 669. The van der Waals surface area contributed by atoms with E-state index in [2.05, 4.69) is 14.5 Å². The van der Waals surface area contributed by atoms with E-state index in [1.54, 1.807) is 7.11 Å². The Morgan fingerprint density at radius 2 is 2.16 bits per heavy atom. The predicted molar refractivity (Wildman–Crippen MR) is 97.3 cm³/mol. The van der Waals surface area contributed by atoms with Crippen LogP contribution in [0.1, 0.15) is 24.1 Å². The van der Waals surface area contributed by atoms with Crippen LogP contribution in [0, 0.1) is 5.92 Å². The summed E-state index contributed by atoms with van der Waals surface area (Å²) in [4.78, 5) is 19.3. The summed E-state index contributed by atoms with van der Waals surface area (Å²) >= 11 is 0. The maximum absolute atomic E-state index is 12.7. The van der Waals surface area contributed by atoms with Crippen molar-refractivity contribution in [2.45, 2.75) is 32.4 Å². The Hall–Kier alpha value is -1.98. The van der Waals surface area contributed by atoms with Gasteiger partial charge in [-0.2, -0.15) is 0 Å². The van der Waals surface area contributed by atoms with Crippen molar-refractivity contribution in [2.24, 2.45) is 5.92 Å². The van der Waals surface area contributed by atoms with Crippen LogP contribution < -0.4 is 0 Å².